The fourth-order valence-corrected chi connectivity index (χ4v) is 0.810. The SMILES string of the molecule is F[C-](F)C(F)(F)C(F)(F)C(F)(F)C(F)(F)C(F)(F)Cl.[Na+]. The van der Waals surface area contributed by atoms with Crippen LogP contribution in [-0.4, -0.2) is 29.1 Å². The number of alkyl halides is 11. The molecule has 0 aliphatic carbocycles. The molecule has 0 rings (SSSR count). The van der Waals surface area contributed by atoms with Crippen LogP contribution in [0.3, 0.4) is 0 Å². The van der Waals surface area contributed by atoms with Crippen molar-refractivity contribution in [3.63, 3.8) is 0 Å². The maximum Gasteiger partial charge on any atom is 1.00 e. The molecule has 116 valence electrons. The van der Waals surface area contributed by atoms with Crippen molar-refractivity contribution in [2.24, 2.45) is 0 Å². The van der Waals surface area contributed by atoms with Crippen LogP contribution in [0.25, 0.3) is 0 Å². The van der Waals surface area contributed by atoms with E-state index in [1.807, 2.05) is 0 Å². The molecular weight excluding hydrogens is 358 g/mol. The van der Waals surface area contributed by atoms with Gasteiger partial charge in [-0.2, -0.15) is 35.1 Å². The van der Waals surface area contributed by atoms with Gasteiger partial charge < -0.3 is 8.78 Å². The number of rotatable bonds is 5. The minimum Gasteiger partial charge on any atom is -0.415 e. The Morgan fingerprint density at radius 3 is 1.10 bits per heavy atom. The van der Waals surface area contributed by atoms with Gasteiger partial charge in [0.15, 0.2) is 0 Å². The van der Waals surface area contributed by atoms with Crippen molar-refractivity contribution in [1.29, 1.82) is 0 Å². The molecule has 20 heavy (non-hydrogen) atoms. The maximum absolute atomic E-state index is 12.4. The van der Waals surface area contributed by atoms with Crippen molar-refractivity contribution < 1.29 is 82.2 Å². The summed E-state index contributed by atoms with van der Waals surface area (Å²) in [5.41, 5.74) is 0. The molecule has 0 aliphatic rings. The van der Waals surface area contributed by atoms with Crippen molar-refractivity contribution in [2.45, 2.75) is 29.1 Å². The molecule has 0 aromatic rings. The Bertz CT molecular complexity index is 333. The molecule has 0 saturated heterocycles. The Labute approximate surface area is 129 Å². The van der Waals surface area contributed by atoms with Crippen LogP contribution in [0.4, 0.5) is 52.7 Å². The Hall–Kier alpha value is 0.450. The van der Waals surface area contributed by atoms with E-state index >= 15 is 0 Å². The van der Waals surface area contributed by atoms with E-state index in [1.54, 1.807) is 0 Å². The second-order valence-electron chi connectivity index (χ2n) is 3.06. The van der Waals surface area contributed by atoms with Gasteiger partial charge in [0, 0.05) is 0 Å². The fourth-order valence-electron chi connectivity index (χ4n) is 0.691. The molecule has 0 radical (unpaired) electrons. The Balaban J connectivity index is 0. The van der Waals surface area contributed by atoms with E-state index in [0.717, 1.165) is 0 Å². The topological polar surface area (TPSA) is 0 Å². The Morgan fingerprint density at radius 2 is 0.900 bits per heavy atom. The molecule has 0 spiro atoms. The first kappa shape index (κ1) is 22.7. The molecule has 14 heteroatoms. The molecule has 0 amide bonds. The molecule has 0 saturated carbocycles. The van der Waals surface area contributed by atoms with Gasteiger partial charge in [0.1, 0.15) is 0 Å². The second-order valence-corrected chi connectivity index (χ2v) is 3.53. The van der Waals surface area contributed by atoms with Crippen molar-refractivity contribution in [2.75, 3.05) is 0 Å². The molecule has 0 aromatic heterocycles. The first-order chi connectivity index (χ1) is 7.94. The Kier molecular flexibility index (Phi) is 6.72. The number of hydrogen-bond donors (Lipinski definition) is 0. The van der Waals surface area contributed by atoms with Gasteiger partial charge in [-0.1, -0.05) is 0 Å². The smallest absolute Gasteiger partial charge is 0.415 e. The zero-order valence-corrected chi connectivity index (χ0v) is 11.7. The van der Waals surface area contributed by atoms with E-state index in [2.05, 4.69) is 11.6 Å². The summed E-state index contributed by atoms with van der Waals surface area (Å²) in [4.78, 5) is 0. The van der Waals surface area contributed by atoms with Crippen LogP contribution in [0.5, 0.6) is 0 Å². The summed E-state index contributed by atoms with van der Waals surface area (Å²) in [6, 6.07) is 0. The molecule has 0 heterocycles. The first-order valence-corrected chi connectivity index (χ1v) is 4.08. The molecule has 0 unspecified atom stereocenters. The minimum absolute atomic E-state index is 0. The van der Waals surface area contributed by atoms with Gasteiger partial charge in [0.2, 0.25) is 0 Å². The summed E-state index contributed by atoms with van der Waals surface area (Å²) in [7, 11) is 0. The summed E-state index contributed by atoms with van der Waals surface area (Å²) in [6.07, 6.45) is -4.66. The van der Waals surface area contributed by atoms with Crippen LogP contribution in [0, 0.1) is 6.43 Å². The van der Waals surface area contributed by atoms with E-state index < -0.39 is 35.5 Å². The summed E-state index contributed by atoms with van der Waals surface area (Å²) in [5, 5.41) is -6.39. The van der Waals surface area contributed by atoms with E-state index in [1.165, 1.54) is 0 Å². The molecule has 0 atom stereocenters. The first-order valence-electron chi connectivity index (χ1n) is 3.71. The van der Waals surface area contributed by atoms with Gasteiger partial charge in [0.25, 0.3) is 5.92 Å². The predicted molar refractivity (Wildman–Crippen MR) is 36.0 cm³/mol. The van der Waals surface area contributed by atoms with Crippen LogP contribution in [0.1, 0.15) is 0 Å². The number of hydrogen-bond acceptors (Lipinski definition) is 0. The third kappa shape index (κ3) is 3.12. The zero-order chi connectivity index (χ0) is 16.1. The zero-order valence-electron chi connectivity index (χ0n) is 8.91. The average molecular weight is 358 g/mol. The van der Waals surface area contributed by atoms with Crippen LogP contribution in [-0.2, 0) is 0 Å². The third-order valence-electron chi connectivity index (χ3n) is 1.78. The molecule has 0 fully saturated rings. The fraction of sp³-hybridized carbons (Fsp3) is 0.833. The summed E-state index contributed by atoms with van der Waals surface area (Å²) in [5.74, 6) is -29.4. The van der Waals surface area contributed by atoms with E-state index in [4.69, 9.17) is 0 Å². The molecule has 0 aromatic carbocycles. The third-order valence-corrected chi connectivity index (χ3v) is 2.01. The van der Waals surface area contributed by atoms with E-state index in [9.17, 15) is 52.7 Å². The quantitative estimate of drug-likeness (QED) is 0.304. The minimum atomic E-state index is -7.56. The maximum atomic E-state index is 12.4. The van der Waals surface area contributed by atoms with Gasteiger partial charge in [-0.3, -0.25) is 0 Å². The van der Waals surface area contributed by atoms with E-state index in [-0.39, 0.29) is 29.6 Å². The van der Waals surface area contributed by atoms with Crippen molar-refractivity contribution in [1.82, 2.24) is 0 Å². The van der Waals surface area contributed by atoms with Crippen LogP contribution < -0.4 is 29.6 Å². The predicted octanol–water partition coefficient (Wildman–Crippen LogP) is 1.79. The molecule has 0 nitrogen and oxygen atoms in total. The monoisotopic (exact) mass is 358 g/mol. The van der Waals surface area contributed by atoms with Crippen molar-refractivity contribution in [3.05, 3.63) is 6.43 Å². The van der Waals surface area contributed by atoms with Gasteiger partial charge in [0.05, 0.1) is 6.43 Å². The summed E-state index contributed by atoms with van der Waals surface area (Å²) in [6.45, 7) is 0. The molecule has 0 aliphatic heterocycles. The normalized spacial score (nSPS) is 15.3. The van der Waals surface area contributed by atoms with Gasteiger partial charge in [-0.15, -0.1) is 0 Å². The van der Waals surface area contributed by atoms with Crippen molar-refractivity contribution >= 4 is 11.6 Å². The summed E-state index contributed by atoms with van der Waals surface area (Å²) < 4.78 is 145. The molecule has 0 bridgehead atoms. The molecular formula is C6ClF12Na. The second kappa shape index (κ2) is 5.92. The van der Waals surface area contributed by atoms with Crippen LogP contribution in [0.2, 0.25) is 0 Å². The summed E-state index contributed by atoms with van der Waals surface area (Å²) >= 11 is 3.41. The number of halogens is 13. The van der Waals surface area contributed by atoms with Crippen LogP contribution in [0.15, 0.2) is 0 Å². The largest absolute Gasteiger partial charge is 1.00 e. The van der Waals surface area contributed by atoms with Gasteiger partial charge in [-0.25, -0.2) is 8.78 Å². The van der Waals surface area contributed by atoms with Gasteiger partial charge >= 0.3 is 52.7 Å². The standard InChI is InChI=1S/C6ClF12.Na/c7-6(18,19)5(16,17)4(14,15)3(12,13)2(10,11)1(8)9;/q-1;+1. The van der Waals surface area contributed by atoms with E-state index in [0.29, 0.717) is 0 Å². The average Bonchev–Trinajstić information content (AvgIpc) is 2.14. The molecule has 0 N–H and O–H groups in total. The van der Waals surface area contributed by atoms with Crippen molar-refractivity contribution in [3.8, 4) is 0 Å². The Morgan fingerprint density at radius 1 is 0.600 bits per heavy atom. The van der Waals surface area contributed by atoms with Crippen LogP contribution >= 0.6 is 11.6 Å². The van der Waals surface area contributed by atoms with Gasteiger partial charge in [-0.05, 0) is 11.6 Å².